The van der Waals surface area contributed by atoms with Crippen LogP contribution >= 0.6 is 11.8 Å². The summed E-state index contributed by atoms with van der Waals surface area (Å²) in [6.07, 6.45) is -4.71. The van der Waals surface area contributed by atoms with E-state index in [0.29, 0.717) is 22.4 Å². The highest BCUT2D eigenvalue weighted by Crippen LogP contribution is 2.31. The highest BCUT2D eigenvalue weighted by atomic mass is 32.2. The van der Waals surface area contributed by atoms with E-state index >= 15 is 0 Å². The summed E-state index contributed by atoms with van der Waals surface area (Å²) in [5, 5.41) is 7.17. The second kappa shape index (κ2) is 6.94. The van der Waals surface area contributed by atoms with Crippen LogP contribution in [0, 0.1) is 17.5 Å². The number of alkyl halides is 3. The molecule has 2 rings (SSSR count). The molecule has 2 aromatic rings. The Hall–Kier alpha value is -2.24. The van der Waals surface area contributed by atoms with Crippen molar-refractivity contribution in [3.05, 3.63) is 35.4 Å². The number of nitrogens with zero attached hydrogens (tertiary/aromatic N) is 3. The van der Waals surface area contributed by atoms with Crippen LogP contribution in [0.3, 0.4) is 0 Å². The predicted octanol–water partition coefficient (Wildman–Crippen LogP) is 3.37. The molecule has 136 valence electrons. The molecule has 0 bridgehead atoms. The predicted molar refractivity (Wildman–Crippen MR) is 76.3 cm³/mol. The van der Waals surface area contributed by atoms with Crippen molar-refractivity contribution in [1.29, 1.82) is 0 Å². The number of carbonyl (C=O) groups is 1. The van der Waals surface area contributed by atoms with Crippen LogP contribution in [0.1, 0.15) is 12.7 Å². The van der Waals surface area contributed by atoms with E-state index in [9.17, 15) is 31.1 Å². The van der Waals surface area contributed by atoms with Crippen molar-refractivity contribution in [3.63, 3.8) is 0 Å². The molecule has 0 spiro atoms. The van der Waals surface area contributed by atoms with Crippen LogP contribution in [-0.2, 0) is 18.0 Å². The first-order valence-electron chi connectivity index (χ1n) is 6.60. The topological polar surface area (TPSA) is 59.8 Å². The molecular weight excluding hydrogens is 374 g/mol. The number of halogens is 6. The molecule has 0 aliphatic rings. The van der Waals surface area contributed by atoms with Gasteiger partial charge in [0.1, 0.15) is 0 Å². The summed E-state index contributed by atoms with van der Waals surface area (Å²) < 4.78 is 78.1. The molecule has 0 aliphatic carbocycles. The molecule has 5 nitrogen and oxygen atoms in total. The van der Waals surface area contributed by atoms with Crippen molar-refractivity contribution in [3.8, 4) is 0 Å². The van der Waals surface area contributed by atoms with Crippen molar-refractivity contribution < 1.29 is 31.1 Å². The van der Waals surface area contributed by atoms with Gasteiger partial charge in [-0.25, -0.2) is 13.2 Å². The van der Waals surface area contributed by atoms with Gasteiger partial charge in [-0.05, 0) is 19.1 Å². The lowest BCUT2D eigenvalue weighted by Crippen LogP contribution is -2.24. The van der Waals surface area contributed by atoms with Gasteiger partial charge in [0.25, 0.3) is 0 Å². The lowest BCUT2D eigenvalue weighted by atomic mass is 10.2. The quantitative estimate of drug-likeness (QED) is 0.499. The second-order valence-electron chi connectivity index (χ2n) is 4.84. The Morgan fingerprint density at radius 2 is 1.84 bits per heavy atom. The number of thioether (sulfide) groups is 1. The van der Waals surface area contributed by atoms with Gasteiger partial charge in [-0.15, -0.1) is 10.2 Å². The summed E-state index contributed by atoms with van der Waals surface area (Å²) >= 11 is 0.635. The largest absolute Gasteiger partial charge is 0.451 e. The fourth-order valence-electron chi connectivity index (χ4n) is 1.73. The summed E-state index contributed by atoms with van der Waals surface area (Å²) in [7, 11) is 1.07. The van der Waals surface area contributed by atoms with Crippen LogP contribution < -0.4 is 5.32 Å². The Balaban J connectivity index is 2.12. The fourth-order valence-corrected chi connectivity index (χ4v) is 2.55. The van der Waals surface area contributed by atoms with Gasteiger partial charge in [-0.2, -0.15) is 13.2 Å². The minimum atomic E-state index is -4.71. The molecule has 0 unspecified atom stereocenters. The maximum absolute atomic E-state index is 13.5. The molecule has 1 aromatic carbocycles. The zero-order valence-electron chi connectivity index (χ0n) is 12.7. The van der Waals surface area contributed by atoms with Crippen LogP contribution in [0.25, 0.3) is 0 Å². The summed E-state index contributed by atoms with van der Waals surface area (Å²) in [5.74, 6) is -6.83. The molecule has 1 atom stereocenters. The minimum Gasteiger partial charge on any atom is -0.323 e. The fraction of sp³-hybridized carbons (Fsp3) is 0.308. The first kappa shape index (κ1) is 19.1. The number of rotatable bonds is 4. The zero-order chi connectivity index (χ0) is 18.9. The summed E-state index contributed by atoms with van der Waals surface area (Å²) in [5.41, 5.74) is -0.592. The van der Waals surface area contributed by atoms with Crippen molar-refractivity contribution in [1.82, 2.24) is 14.8 Å². The number of anilines is 1. The second-order valence-corrected chi connectivity index (χ2v) is 6.14. The maximum Gasteiger partial charge on any atom is 0.451 e. The van der Waals surface area contributed by atoms with E-state index in [1.807, 2.05) is 5.32 Å². The van der Waals surface area contributed by atoms with E-state index in [2.05, 4.69) is 10.2 Å². The lowest BCUT2D eigenvalue weighted by molar-refractivity contribution is -0.147. The molecule has 0 aliphatic heterocycles. The van der Waals surface area contributed by atoms with E-state index in [4.69, 9.17) is 0 Å². The van der Waals surface area contributed by atoms with E-state index in [0.717, 1.165) is 13.1 Å². The van der Waals surface area contributed by atoms with Crippen molar-refractivity contribution >= 4 is 23.4 Å². The van der Waals surface area contributed by atoms with Gasteiger partial charge in [0, 0.05) is 7.05 Å². The molecule has 0 radical (unpaired) electrons. The first-order valence-corrected chi connectivity index (χ1v) is 7.48. The smallest absolute Gasteiger partial charge is 0.323 e. The van der Waals surface area contributed by atoms with Gasteiger partial charge < -0.3 is 9.88 Å². The van der Waals surface area contributed by atoms with E-state index in [1.165, 1.54) is 6.92 Å². The molecule has 0 saturated heterocycles. The summed E-state index contributed by atoms with van der Waals surface area (Å²) in [4.78, 5) is 12.0. The number of benzene rings is 1. The average Bonchev–Trinajstić information content (AvgIpc) is 2.88. The molecule has 1 amide bonds. The maximum atomic E-state index is 13.5. The standard InChI is InChI=1S/C13H10F6N4OS/c1-5(25-12-22-21-11(23(12)2)13(17,18)19)10(24)20-7-4-3-6(14)8(15)9(7)16/h3-5H,1-2H3,(H,20,24)/t5-/m1/s1. The molecule has 1 heterocycles. The van der Waals surface area contributed by atoms with Gasteiger partial charge >= 0.3 is 6.18 Å². The van der Waals surface area contributed by atoms with Crippen LogP contribution in [0.4, 0.5) is 32.0 Å². The summed E-state index contributed by atoms with van der Waals surface area (Å²) in [6.45, 7) is 1.32. The molecular formula is C13H10F6N4OS. The SMILES string of the molecule is C[C@@H](Sc1nnc(C(F)(F)F)n1C)C(=O)Nc1ccc(F)c(F)c1F. The Bertz CT molecular complexity index is 807. The van der Waals surface area contributed by atoms with E-state index in [1.54, 1.807) is 0 Å². The highest BCUT2D eigenvalue weighted by molar-refractivity contribution is 8.00. The van der Waals surface area contributed by atoms with E-state index < -0.39 is 46.3 Å². The average molecular weight is 384 g/mol. The molecule has 12 heteroatoms. The molecule has 0 saturated carbocycles. The van der Waals surface area contributed by atoms with Crippen LogP contribution in [0.5, 0.6) is 0 Å². The molecule has 25 heavy (non-hydrogen) atoms. The first-order chi connectivity index (χ1) is 11.5. The third kappa shape index (κ3) is 4.06. The molecule has 1 N–H and O–H groups in total. The Morgan fingerprint density at radius 3 is 2.40 bits per heavy atom. The number of carbonyl (C=O) groups excluding carboxylic acids is 1. The third-order valence-corrected chi connectivity index (χ3v) is 4.17. The van der Waals surface area contributed by atoms with Gasteiger partial charge in [-0.1, -0.05) is 11.8 Å². The van der Waals surface area contributed by atoms with E-state index in [-0.39, 0.29) is 5.16 Å². The van der Waals surface area contributed by atoms with Crippen molar-refractivity contribution in [2.45, 2.75) is 23.5 Å². The number of amides is 1. The monoisotopic (exact) mass is 384 g/mol. The highest BCUT2D eigenvalue weighted by Gasteiger charge is 2.38. The normalized spacial score (nSPS) is 13.0. The van der Waals surface area contributed by atoms with Crippen molar-refractivity contribution in [2.75, 3.05) is 5.32 Å². The molecule has 1 aromatic heterocycles. The van der Waals surface area contributed by atoms with Gasteiger partial charge in [0.2, 0.25) is 11.7 Å². The number of nitrogens with one attached hydrogen (secondary N) is 1. The Labute approximate surface area is 141 Å². The van der Waals surface area contributed by atoms with Crippen LogP contribution in [0.15, 0.2) is 17.3 Å². The summed E-state index contributed by atoms with van der Waals surface area (Å²) in [6, 6.07) is 1.46. The van der Waals surface area contributed by atoms with Crippen LogP contribution in [0.2, 0.25) is 0 Å². The minimum absolute atomic E-state index is 0.194. The lowest BCUT2D eigenvalue weighted by Gasteiger charge is -2.13. The van der Waals surface area contributed by atoms with Crippen LogP contribution in [-0.4, -0.2) is 25.9 Å². The molecule has 0 fully saturated rings. The van der Waals surface area contributed by atoms with Gasteiger partial charge in [0.15, 0.2) is 22.6 Å². The zero-order valence-corrected chi connectivity index (χ0v) is 13.5. The third-order valence-electron chi connectivity index (χ3n) is 3.03. The van der Waals surface area contributed by atoms with Gasteiger partial charge in [-0.3, -0.25) is 4.79 Å². The Kier molecular flexibility index (Phi) is 5.30. The van der Waals surface area contributed by atoms with Crippen molar-refractivity contribution in [2.24, 2.45) is 7.05 Å². The Morgan fingerprint density at radius 1 is 1.20 bits per heavy atom. The number of hydrogen-bond acceptors (Lipinski definition) is 4. The number of hydrogen-bond donors (Lipinski definition) is 1. The number of aromatic nitrogens is 3. The van der Waals surface area contributed by atoms with Gasteiger partial charge in [0.05, 0.1) is 10.9 Å².